The van der Waals surface area contributed by atoms with E-state index in [1.165, 1.54) is 20.4 Å². The van der Waals surface area contributed by atoms with Crippen LogP contribution in [0.5, 0.6) is 5.75 Å². The Balaban J connectivity index is 1.50. The van der Waals surface area contributed by atoms with Crippen LogP contribution in [0.15, 0.2) is 12.1 Å². The van der Waals surface area contributed by atoms with Gasteiger partial charge in [0, 0.05) is 51.5 Å². The van der Waals surface area contributed by atoms with Gasteiger partial charge < -0.3 is 38.2 Å². The van der Waals surface area contributed by atoms with E-state index < -0.39 is 27.4 Å². The first-order valence-corrected chi connectivity index (χ1v) is 24.6. The van der Waals surface area contributed by atoms with E-state index in [0.717, 1.165) is 79.6 Å². The van der Waals surface area contributed by atoms with Crippen LogP contribution in [-0.2, 0) is 32.0 Å². The molecule has 51 heavy (non-hydrogen) atoms. The van der Waals surface area contributed by atoms with Crippen molar-refractivity contribution in [3.05, 3.63) is 28.8 Å². The van der Waals surface area contributed by atoms with E-state index in [0.29, 0.717) is 51.2 Å². The van der Waals surface area contributed by atoms with Crippen molar-refractivity contribution in [2.24, 2.45) is 0 Å². The third-order valence-electron chi connectivity index (χ3n) is 8.68. The summed E-state index contributed by atoms with van der Waals surface area (Å²) in [6.45, 7) is 10.3. The van der Waals surface area contributed by atoms with Crippen molar-refractivity contribution < 1.29 is 46.7 Å². The SMILES string of the molecule is COP(C)(=O)OCCCCCSSCCCCCCOP(C)(=O)OC[C@@H]1CC(O)CN1C(=O)CCCCCNC(=O)Oc1c(C)ccc(C)c1C. The van der Waals surface area contributed by atoms with E-state index in [-0.39, 0.29) is 25.1 Å². The average molecular weight is 797 g/mol. The summed E-state index contributed by atoms with van der Waals surface area (Å²) in [7, 11) is -0.987. The zero-order chi connectivity index (χ0) is 37.7. The lowest BCUT2D eigenvalue weighted by Crippen LogP contribution is -2.38. The highest BCUT2D eigenvalue weighted by Gasteiger charge is 2.35. The van der Waals surface area contributed by atoms with E-state index >= 15 is 0 Å². The maximum absolute atomic E-state index is 13.0. The Hall–Kier alpha value is -1.08. The molecule has 2 rings (SSSR count). The van der Waals surface area contributed by atoms with Crippen LogP contribution in [0.3, 0.4) is 0 Å². The molecule has 0 aromatic heterocycles. The number of nitrogens with one attached hydrogen (secondary N) is 1. The summed E-state index contributed by atoms with van der Waals surface area (Å²) in [5.74, 6) is 2.68. The number of unbranched alkanes of at least 4 members (excludes halogenated alkanes) is 7. The summed E-state index contributed by atoms with van der Waals surface area (Å²) in [5, 5.41) is 13.0. The molecule has 4 atom stereocenters. The largest absolute Gasteiger partial charge is 0.412 e. The van der Waals surface area contributed by atoms with Gasteiger partial charge in [-0.05, 0) is 82.4 Å². The van der Waals surface area contributed by atoms with Crippen molar-refractivity contribution in [3.63, 3.8) is 0 Å². The van der Waals surface area contributed by atoms with Crippen molar-refractivity contribution >= 4 is 48.8 Å². The van der Waals surface area contributed by atoms with Gasteiger partial charge in [0.1, 0.15) is 5.75 Å². The van der Waals surface area contributed by atoms with Gasteiger partial charge in [0.25, 0.3) is 0 Å². The third kappa shape index (κ3) is 19.7. The highest BCUT2D eigenvalue weighted by molar-refractivity contribution is 8.76. The lowest BCUT2D eigenvalue weighted by molar-refractivity contribution is -0.133. The number of carbonyl (C=O) groups is 2. The molecule has 1 aliphatic rings. The van der Waals surface area contributed by atoms with E-state index in [9.17, 15) is 23.8 Å². The zero-order valence-electron chi connectivity index (χ0n) is 31.5. The first-order valence-electron chi connectivity index (χ1n) is 18.1. The molecule has 0 radical (unpaired) electrons. The number of rotatable bonds is 27. The van der Waals surface area contributed by atoms with Crippen molar-refractivity contribution in [3.8, 4) is 5.75 Å². The highest BCUT2D eigenvalue weighted by Crippen LogP contribution is 2.45. The molecule has 1 saturated heterocycles. The smallest absolute Gasteiger partial charge is 0.410 e. The predicted octanol–water partition coefficient (Wildman–Crippen LogP) is 8.68. The standard InChI is InChI=1S/C35H62N2O10P2S2/c1-28-18-19-29(2)34(30(28)3)47-35(40)36-20-12-9-11-17-33(39)37-26-32(38)25-31(37)27-46-49(6,42)45-22-13-7-8-15-23-50-51-24-16-10-14-21-44-48(5,41)43-4/h18-19,31-32,38H,7-17,20-27H2,1-6H3,(H,36,40)/t31-,32?,48?,49?/m0/s1. The van der Waals surface area contributed by atoms with Crippen LogP contribution in [0.2, 0.25) is 0 Å². The van der Waals surface area contributed by atoms with Gasteiger partial charge >= 0.3 is 21.3 Å². The van der Waals surface area contributed by atoms with Crippen LogP contribution in [0.25, 0.3) is 0 Å². The van der Waals surface area contributed by atoms with E-state index in [4.69, 9.17) is 22.8 Å². The molecule has 1 aromatic rings. The van der Waals surface area contributed by atoms with Gasteiger partial charge in [-0.1, -0.05) is 59.4 Å². The first-order chi connectivity index (χ1) is 24.2. The molecular formula is C35H62N2O10P2S2. The van der Waals surface area contributed by atoms with Gasteiger partial charge in [-0.25, -0.2) is 4.79 Å². The van der Waals surface area contributed by atoms with Gasteiger partial charge in [-0.3, -0.25) is 13.9 Å². The second-order valence-corrected chi connectivity index (χ2v) is 20.1. The predicted molar refractivity (Wildman–Crippen MR) is 208 cm³/mol. The summed E-state index contributed by atoms with van der Waals surface area (Å²) >= 11 is 0. The van der Waals surface area contributed by atoms with Crippen LogP contribution < -0.4 is 10.1 Å². The van der Waals surface area contributed by atoms with Gasteiger partial charge in [-0.15, -0.1) is 0 Å². The number of benzene rings is 1. The maximum Gasteiger partial charge on any atom is 0.412 e. The van der Waals surface area contributed by atoms with Gasteiger partial charge in [-0.2, -0.15) is 0 Å². The second-order valence-electron chi connectivity index (χ2n) is 13.2. The number of hydrogen-bond donors (Lipinski definition) is 2. The Bertz CT molecular complexity index is 1290. The molecule has 1 heterocycles. The number of aliphatic hydroxyl groups excluding tert-OH is 1. The van der Waals surface area contributed by atoms with Crippen LogP contribution >= 0.6 is 36.8 Å². The molecule has 0 saturated carbocycles. The molecule has 2 N–H and O–H groups in total. The normalized spacial score (nSPS) is 18.4. The lowest BCUT2D eigenvalue weighted by Gasteiger charge is -2.25. The number of amides is 2. The first kappa shape index (κ1) is 46.1. The Morgan fingerprint density at radius 2 is 1.43 bits per heavy atom. The number of β-amino-alcohol motifs (C(OH)–C–C–N with tert-alkyl or cyclic N) is 1. The van der Waals surface area contributed by atoms with Crippen LogP contribution in [0, 0.1) is 20.8 Å². The zero-order valence-corrected chi connectivity index (χ0v) is 34.9. The quantitative estimate of drug-likeness (QED) is 0.0498. The fraction of sp³-hybridized carbons (Fsp3) is 0.771. The number of carbonyl (C=O) groups excluding carboxylic acids is 2. The topological polar surface area (TPSA) is 150 Å². The monoisotopic (exact) mass is 796 g/mol. The fourth-order valence-electron chi connectivity index (χ4n) is 5.43. The van der Waals surface area contributed by atoms with Crippen molar-refractivity contribution in [2.75, 3.05) is 64.9 Å². The minimum absolute atomic E-state index is 0.0554. The highest BCUT2D eigenvalue weighted by atomic mass is 33.1. The second kappa shape index (κ2) is 25.1. The molecular weight excluding hydrogens is 734 g/mol. The molecule has 1 aromatic carbocycles. The Morgan fingerprint density at radius 3 is 2.10 bits per heavy atom. The number of hydrogen-bond acceptors (Lipinski definition) is 12. The number of likely N-dealkylation sites (tertiary alicyclic amines) is 1. The number of nitrogens with zero attached hydrogens (tertiary/aromatic N) is 1. The lowest BCUT2D eigenvalue weighted by atomic mass is 10.1. The molecule has 2 amide bonds. The Kier molecular flexibility index (Phi) is 22.7. The summed E-state index contributed by atoms with van der Waals surface area (Å²) in [6, 6.07) is 3.58. The minimum Gasteiger partial charge on any atom is -0.410 e. The number of aliphatic hydroxyl groups is 1. The van der Waals surface area contributed by atoms with E-state index in [1.807, 2.05) is 54.5 Å². The summed E-state index contributed by atoms with van der Waals surface area (Å²) < 4.78 is 51.4. The molecule has 1 aliphatic heterocycles. The molecule has 1 fully saturated rings. The molecule has 16 heteroatoms. The number of ether oxygens (including phenoxy) is 1. The van der Waals surface area contributed by atoms with Gasteiger partial charge in [0.05, 0.1) is 32.0 Å². The Morgan fingerprint density at radius 1 is 0.843 bits per heavy atom. The summed E-state index contributed by atoms with van der Waals surface area (Å²) in [4.78, 5) is 26.9. The number of aryl methyl sites for hydroxylation is 2. The van der Waals surface area contributed by atoms with E-state index in [1.54, 1.807) is 4.90 Å². The van der Waals surface area contributed by atoms with Crippen molar-refractivity contribution in [1.82, 2.24) is 10.2 Å². The third-order valence-corrected chi connectivity index (χ3v) is 13.8. The molecule has 0 spiro atoms. The molecule has 12 nitrogen and oxygen atoms in total. The summed E-state index contributed by atoms with van der Waals surface area (Å²) in [6.07, 6.45) is 8.66. The van der Waals surface area contributed by atoms with Crippen LogP contribution in [0.1, 0.15) is 93.7 Å². The maximum atomic E-state index is 13.0. The molecule has 0 aliphatic carbocycles. The average Bonchev–Trinajstić information content (AvgIpc) is 3.47. The van der Waals surface area contributed by atoms with Gasteiger partial charge in [0.15, 0.2) is 0 Å². The molecule has 3 unspecified atom stereocenters. The Labute approximate surface area is 314 Å². The molecule has 0 bridgehead atoms. The van der Waals surface area contributed by atoms with Crippen molar-refractivity contribution in [1.29, 1.82) is 0 Å². The minimum atomic E-state index is -3.29. The van der Waals surface area contributed by atoms with E-state index in [2.05, 4.69) is 5.32 Å². The molecule has 294 valence electrons. The van der Waals surface area contributed by atoms with Crippen LogP contribution in [-0.4, -0.2) is 99.0 Å². The van der Waals surface area contributed by atoms with Crippen LogP contribution in [0.4, 0.5) is 4.79 Å². The van der Waals surface area contributed by atoms with Crippen molar-refractivity contribution in [2.45, 2.75) is 110 Å². The van der Waals surface area contributed by atoms with Gasteiger partial charge in [0.2, 0.25) is 5.91 Å². The summed E-state index contributed by atoms with van der Waals surface area (Å²) in [5.41, 5.74) is 2.91. The fourth-order valence-corrected chi connectivity index (χ4v) is 9.26.